The van der Waals surface area contributed by atoms with Crippen molar-refractivity contribution in [3.8, 4) is 0 Å². The van der Waals surface area contributed by atoms with E-state index in [-0.39, 0.29) is 0 Å². The van der Waals surface area contributed by atoms with Crippen molar-refractivity contribution in [2.24, 2.45) is 12.8 Å². The van der Waals surface area contributed by atoms with Crippen LogP contribution >= 0.6 is 11.6 Å². The smallest absolute Gasteiger partial charge is 0.0724 e. The van der Waals surface area contributed by atoms with E-state index in [0.29, 0.717) is 11.6 Å². The second-order valence-corrected chi connectivity index (χ2v) is 3.41. The van der Waals surface area contributed by atoms with Crippen LogP contribution in [-0.4, -0.2) is 9.78 Å². The minimum absolute atomic E-state index is 0.483. The number of aromatic nitrogens is 2. The van der Waals surface area contributed by atoms with Crippen LogP contribution in [0.4, 0.5) is 0 Å². The molecule has 0 saturated carbocycles. The van der Waals surface area contributed by atoms with E-state index in [9.17, 15) is 0 Å². The Labute approximate surface area is 81.1 Å². The second kappa shape index (κ2) is 3.01. The summed E-state index contributed by atoms with van der Waals surface area (Å²) in [7, 11) is 1.90. The second-order valence-electron chi connectivity index (χ2n) is 2.98. The van der Waals surface area contributed by atoms with Crippen LogP contribution in [0.25, 0.3) is 10.9 Å². The number of nitrogens with two attached hydrogens (primary N) is 1. The topological polar surface area (TPSA) is 43.8 Å². The third-order valence-corrected chi connectivity index (χ3v) is 2.31. The molecule has 2 aromatic rings. The van der Waals surface area contributed by atoms with Gasteiger partial charge in [0.1, 0.15) is 0 Å². The lowest BCUT2D eigenvalue weighted by atomic mass is 10.1. The molecule has 2 rings (SSSR count). The minimum atomic E-state index is 0.483. The number of aryl methyl sites for hydroxylation is 1. The van der Waals surface area contributed by atoms with E-state index < -0.39 is 0 Å². The molecule has 0 radical (unpaired) electrons. The van der Waals surface area contributed by atoms with E-state index in [4.69, 9.17) is 17.3 Å². The molecule has 68 valence electrons. The zero-order chi connectivity index (χ0) is 9.42. The van der Waals surface area contributed by atoms with Crippen LogP contribution in [0.15, 0.2) is 18.3 Å². The third kappa shape index (κ3) is 1.30. The summed E-state index contributed by atoms with van der Waals surface area (Å²) in [5.74, 6) is 0. The zero-order valence-electron chi connectivity index (χ0n) is 7.29. The Morgan fingerprint density at radius 2 is 2.31 bits per heavy atom. The number of fused-ring (bicyclic) bond motifs is 1. The number of hydrogen-bond acceptors (Lipinski definition) is 2. The van der Waals surface area contributed by atoms with Crippen LogP contribution in [-0.2, 0) is 13.6 Å². The summed E-state index contributed by atoms with van der Waals surface area (Å²) in [5.41, 5.74) is 7.71. The van der Waals surface area contributed by atoms with Crippen molar-refractivity contribution in [1.82, 2.24) is 9.78 Å². The highest BCUT2D eigenvalue weighted by molar-refractivity contribution is 6.31. The van der Waals surface area contributed by atoms with Crippen molar-refractivity contribution in [1.29, 1.82) is 0 Å². The van der Waals surface area contributed by atoms with E-state index in [1.807, 2.05) is 23.9 Å². The molecule has 13 heavy (non-hydrogen) atoms. The lowest BCUT2D eigenvalue weighted by molar-refractivity contribution is 0.791. The third-order valence-electron chi connectivity index (χ3n) is 2.10. The summed E-state index contributed by atoms with van der Waals surface area (Å²) in [4.78, 5) is 0. The van der Waals surface area contributed by atoms with Gasteiger partial charge in [0.15, 0.2) is 0 Å². The largest absolute Gasteiger partial charge is 0.326 e. The fraction of sp³-hybridized carbons (Fsp3) is 0.222. The lowest BCUT2D eigenvalue weighted by Gasteiger charge is -2.02. The molecular weight excluding hydrogens is 186 g/mol. The van der Waals surface area contributed by atoms with E-state index in [0.717, 1.165) is 16.5 Å². The van der Waals surface area contributed by atoms with E-state index in [1.54, 1.807) is 6.20 Å². The predicted molar refractivity (Wildman–Crippen MR) is 53.6 cm³/mol. The standard InChI is InChI=1S/C9H10ClN3/c1-13-9-6(4-11)2-8(10)3-7(9)5-12-13/h2-3,5H,4,11H2,1H3. The van der Waals surface area contributed by atoms with Crippen molar-refractivity contribution in [2.45, 2.75) is 6.54 Å². The van der Waals surface area contributed by atoms with Crippen molar-refractivity contribution in [3.05, 3.63) is 28.9 Å². The highest BCUT2D eigenvalue weighted by Gasteiger charge is 2.05. The normalized spacial score (nSPS) is 11.0. The monoisotopic (exact) mass is 195 g/mol. The molecule has 0 spiro atoms. The van der Waals surface area contributed by atoms with Gasteiger partial charge in [-0.2, -0.15) is 5.10 Å². The molecule has 0 fully saturated rings. The minimum Gasteiger partial charge on any atom is -0.326 e. The molecule has 2 N–H and O–H groups in total. The van der Waals surface area contributed by atoms with Crippen LogP contribution in [0.1, 0.15) is 5.56 Å². The maximum Gasteiger partial charge on any atom is 0.0724 e. The summed E-state index contributed by atoms with van der Waals surface area (Å²) in [6.07, 6.45) is 1.79. The van der Waals surface area contributed by atoms with Crippen LogP contribution < -0.4 is 5.73 Å². The van der Waals surface area contributed by atoms with Crippen molar-refractivity contribution < 1.29 is 0 Å². The van der Waals surface area contributed by atoms with Crippen LogP contribution in [0, 0.1) is 0 Å². The number of halogens is 1. The first-order valence-electron chi connectivity index (χ1n) is 4.02. The molecule has 1 aromatic carbocycles. The Hall–Kier alpha value is -1.06. The number of hydrogen-bond donors (Lipinski definition) is 1. The molecular formula is C9H10ClN3. The molecule has 0 aliphatic carbocycles. The average molecular weight is 196 g/mol. The quantitative estimate of drug-likeness (QED) is 0.753. The van der Waals surface area contributed by atoms with Gasteiger partial charge in [0.05, 0.1) is 11.7 Å². The van der Waals surface area contributed by atoms with Gasteiger partial charge in [-0.15, -0.1) is 0 Å². The van der Waals surface area contributed by atoms with Gasteiger partial charge in [-0.05, 0) is 17.7 Å². The maximum atomic E-state index is 5.92. The molecule has 0 saturated heterocycles. The summed E-state index contributed by atoms with van der Waals surface area (Å²) in [5, 5.41) is 5.89. The molecule has 1 aromatic heterocycles. The molecule has 4 heteroatoms. The predicted octanol–water partition coefficient (Wildman–Crippen LogP) is 1.69. The zero-order valence-corrected chi connectivity index (χ0v) is 8.04. The first-order valence-corrected chi connectivity index (χ1v) is 4.40. The van der Waals surface area contributed by atoms with Gasteiger partial charge >= 0.3 is 0 Å². The maximum absolute atomic E-state index is 5.92. The molecule has 0 amide bonds. The van der Waals surface area contributed by atoms with Gasteiger partial charge in [-0.25, -0.2) is 0 Å². The first-order chi connectivity index (χ1) is 6.22. The SMILES string of the molecule is Cn1ncc2cc(Cl)cc(CN)c21. The van der Waals surface area contributed by atoms with Gasteiger partial charge < -0.3 is 5.73 Å². The van der Waals surface area contributed by atoms with E-state index in [2.05, 4.69) is 5.10 Å². The fourth-order valence-corrected chi connectivity index (χ4v) is 1.78. The number of nitrogens with zero attached hydrogens (tertiary/aromatic N) is 2. The van der Waals surface area contributed by atoms with Gasteiger partial charge in [0.25, 0.3) is 0 Å². The molecule has 0 aliphatic rings. The van der Waals surface area contributed by atoms with Gasteiger partial charge in [-0.1, -0.05) is 11.6 Å². The Morgan fingerprint density at radius 1 is 1.54 bits per heavy atom. The highest BCUT2D eigenvalue weighted by Crippen LogP contribution is 2.22. The Morgan fingerprint density at radius 3 is 3.00 bits per heavy atom. The van der Waals surface area contributed by atoms with Gasteiger partial charge in [-0.3, -0.25) is 4.68 Å². The summed E-state index contributed by atoms with van der Waals surface area (Å²) >= 11 is 5.92. The van der Waals surface area contributed by atoms with E-state index >= 15 is 0 Å². The van der Waals surface area contributed by atoms with Crippen LogP contribution in [0.3, 0.4) is 0 Å². The first kappa shape index (κ1) is 8.53. The fourth-order valence-electron chi connectivity index (χ4n) is 1.53. The highest BCUT2D eigenvalue weighted by atomic mass is 35.5. The summed E-state index contributed by atoms with van der Waals surface area (Å²) in [6.45, 7) is 0.483. The van der Waals surface area contributed by atoms with Crippen molar-refractivity contribution in [3.63, 3.8) is 0 Å². The van der Waals surface area contributed by atoms with Crippen LogP contribution in [0.5, 0.6) is 0 Å². The average Bonchev–Trinajstić information content (AvgIpc) is 2.46. The Balaban J connectivity index is 2.85. The lowest BCUT2D eigenvalue weighted by Crippen LogP contribution is -2.00. The Bertz CT molecular complexity index is 447. The van der Waals surface area contributed by atoms with Gasteiger partial charge in [0, 0.05) is 24.0 Å². The number of benzene rings is 1. The molecule has 0 bridgehead atoms. The van der Waals surface area contributed by atoms with Crippen molar-refractivity contribution >= 4 is 22.5 Å². The van der Waals surface area contributed by atoms with E-state index in [1.165, 1.54) is 0 Å². The summed E-state index contributed by atoms with van der Waals surface area (Å²) in [6, 6.07) is 3.77. The number of rotatable bonds is 1. The molecule has 3 nitrogen and oxygen atoms in total. The van der Waals surface area contributed by atoms with Crippen LogP contribution in [0.2, 0.25) is 5.02 Å². The molecule has 0 atom stereocenters. The Kier molecular flexibility index (Phi) is 1.98. The molecule has 1 heterocycles. The molecule has 0 unspecified atom stereocenters. The van der Waals surface area contributed by atoms with Crippen molar-refractivity contribution in [2.75, 3.05) is 0 Å². The summed E-state index contributed by atoms with van der Waals surface area (Å²) < 4.78 is 1.81. The van der Waals surface area contributed by atoms with Gasteiger partial charge in [0.2, 0.25) is 0 Å². The molecule has 0 aliphatic heterocycles.